The molecule has 2 amide bonds. The lowest BCUT2D eigenvalue weighted by Crippen LogP contribution is -2.35. The molecule has 0 bridgehead atoms. The molecule has 2 atom stereocenters. The number of aliphatic hydroxyl groups is 1. The second-order valence-corrected chi connectivity index (χ2v) is 3.00. The molecule has 1 aliphatic rings. The Morgan fingerprint density at radius 2 is 2.36 bits per heavy atom. The molecule has 1 fully saturated rings. The zero-order valence-corrected chi connectivity index (χ0v) is 6.42. The monoisotopic (exact) mass is 158 g/mol. The highest BCUT2D eigenvalue weighted by Crippen LogP contribution is 2.24. The van der Waals surface area contributed by atoms with Gasteiger partial charge in [-0.15, -0.1) is 0 Å². The van der Waals surface area contributed by atoms with Crippen LogP contribution in [0.1, 0.15) is 19.3 Å². The predicted molar refractivity (Wildman–Crippen MR) is 40.9 cm³/mol. The second kappa shape index (κ2) is 3.57. The predicted octanol–water partition coefficient (Wildman–Crippen LogP) is -0.184. The van der Waals surface area contributed by atoms with E-state index >= 15 is 0 Å². The van der Waals surface area contributed by atoms with Crippen molar-refractivity contribution >= 4 is 6.03 Å². The largest absolute Gasteiger partial charge is 0.393 e. The van der Waals surface area contributed by atoms with Gasteiger partial charge in [0.25, 0.3) is 0 Å². The van der Waals surface area contributed by atoms with Crippen molar-refractivity contribution in [1.82, 2.24) is 5.32 Å². The van der Waals surface area contributed by atoms with E-state index in [4.69, 9.17) is 5.73 Å². The zero-order chi connectivity index (χ0) is 8.27. The number of urea groups is 1. The van der Waals surface area contributed by atoms with Crippen LogP contribution in [0.15, 0.2) is 0 Å². The van der Waals surface area contributed by atoms with E-state index in [1.807, 2.05) is 0 Å². The summed E-state index contributed by atoms with van der Waals surface area (Å²) in [5, 5.41) is 11.8. The summed E-state index contributed by atoms with van der Waals surface area (Å²) < 4.78 is 0. The van der Waals surface area contributed by atoms with Gasteiger partial charge in [-0.05, 0) is 12.8 Å². The lowest BCUT2D eigenvalue weighted by molar-refractivity contribution is 0.133. The molecule has 4 nitrogen and oxygen atoms in total. The highest BCUT2D eigenvalue weighted by Gasteiger charge is 2.24. The van der Waals surface area contributed by atoms with Crippen molar-refractivity contribution in [2.24, 2.45) is 11.7 Å². The van der Waals surface area contributed by atoms with Gasteiger partial charge in [0.15, 0.2) is 0 Å². The number of nitrogens with two attached hydrogens (primary N) is 1. The van der Waals surface area contributed by atoms with Gasteiger partial charge in [0.1, 0.15) is 0 Å². The average molecular weight is 158 g/mol. The van der Waals surface area contributed by atoms with Crippen molar-refractivity contribution in [2.45, 2.75) is 25.4 Å². The zero-order valence-electron chi connectivity index (χ0n) is 6.42. The molecule has 0 radical (unpaired) electrons. The number of carbonyl (C=O) groups is 1. The van der Waals surface area contributed by atoms with Crippen molar-refractivity contribution in [3.8, 4) is 0 Å². The van der Waals surface area contributed by atoms with Crippen LogP contribution in [0.2, 0.25) is 0 Å². The molecule has 4 N–H and O–H groups in total. The molecule has 0 aromatic heterocycles. The van der Waals surface area contributed by atoms with Crippen LogP contribution in [0.25, 0.3) is 0 Å². The molecule has 2 unspecified atom stereocenters. The Kier molecular flexibility index (Phi) is 2.70. The molecule has 4 heteroatoms. The lowest BCUT2D eigenvalue weighted by atomic mass is 10.1. The Hall–Kier alpha value is -0.770. The highest BCUT2D eigenvalue weighted by molar-refractivity contribution is 5.71. The van der Waals surface area contributed by atoms with Crippen LogP contribution in [0, 0.1) is 5.92 Å². The standard InChI is InChI=1S/C7H14N2O2/c8-7(11)9-4-5-2-1-3-6(5)10/h5-6,10H,1-4H2,(H3,8,9,11). The fourth-order valence-corrected chi connectivity index (χ4v) is 1.49. The summed E-state index contributed by atoms with van der Waals surface area (Å²) in [7, 11) is 0. The van der Waals surface area contributed by atoms with E-state index in [2.05, 4.69) is 5.32 Å². The van der Waals surface area contributed by atoms with Gasteiger partial charge in [-0.1, -0.05) is 6.42 Å². The van der Waals surface area contributed by atoms with Crippen molar-refractivity contribution in [2.75, 3.05) is 6.54 Å². The van der Waals surface area contributed by atoms with Crippen molar-refractivity contribution < 1.29 is 9.90 Å². The van der Waals surface area contributed by atoms with Gasteiger partial charge < -0.3 is 16.2 Å². The van der Waals surface area contributed by atoms with Gasteiger partial charge in [-0.25, -0.2) is 4.79 Å². The summed E-state index contributed by atoms with van der Waals surface area (Å²) >= 11 is 0. The quantitative estimate of drug-likeness (QED) is 0.521. The Morgan fingerprint density at radius 1 is 1.64 bits per heavy atom. The topological polar surface area (TPSA) is 75.4 Å². The van der Waals surface area contributed by atoms with Crippen LogP contribution in [-0.4, -0.2) is 23.8 Å². The van der Waals surface area contributed by atoms with E-state index < -0.39 is 6.03 Å². The molecule has 0 saturated heterocycles. The van der Waals surface area contributed by atoms with Crippen LogP contribution in [0.4, 0.5) is 4.79 Å². The number of hydrogen-bond acceptors (Lipinski definition) is 2. The minimum atomic E-state index is -0.510. The highest BCUT2D eigenvalue weighted by atomic mass is 16.3. The maximum absolute atomic E-state index is 10.3. The number of nitrogens with one attached hydrogen (secondary N) is 1. The summed E-state index contributed by atoms with van der Waals surface area (Å²) in [6, 6.07) is -0.510. The first kappa shape index (κ1) is 8.33. The fourth-order valence-electron chi connectivity index (χ4n) is 1.49. The molecular weight excluding hydrogens is 144 g/mol. The summed E-state index contributed by atoms with van der Waals surface area (Å²) in [5.74, 6) is 0.211. The van der Waals surface area contributed by atoms with Crippen molar-refractivity contribution in [3.05, 3.63) is 0 Å². The van der Waals surface area contributed by atoms with Crippen LogP contribution in [0.5, 0.6) is 0 Å². The van der Waals surface area contributed by atoms with Crippen LogP contribution in [-0.2, 0) is 0 Å². The number of rotatable bonds is 2. The number of primary amides is 1. The first-order chi connectivity index (χ1) is 5.20. The summed E-state index contributed by atoms with van der Waals surface area (Å²) in [6.45, 7) is 0.510. The maximum atomic E-state index is 10.3. The van der Waals surface area contributed by atoms with Gasteiger partial charge in [-0.2, -0.15) is 0 Å². The van der Waals surface area contributed by atoms with Gasteiger partial charge in [0, 0.05) is 12.5 Å². The molecule has 1 rings (SSSR count). The van der Waals surface area contributed by atoms with Crippen LogP contribution in [0.3, 0.4) is 0 Å². The molecule has 0 spiro atoms. The Bertz CT molecular complexity index is 149. The number of aliphatic hydroxyl groups excluding tert-OH is 1. The van der Waals surface area contributed by atoms with E-state index in [0.29, 0.717) is 6.54 Å². The number of carbonyl (C=O) groups excluding carboxylic acids is 1. The fraction of sp³-hybridized carbons (Fsp3) is 0.857. The first-order valence-electron chi connectivity index (χ1n) is 3.91. The van der Waals surface area contributed by atoms with Crippen LogP contribution >= 0.6 is 0 Å². The first-order valence-corrected chi connectivity index (χ1v) is 3.91. The molecule has 11 heavy (non-hydrogen) atoms. The van der Waals surface area contributed by atoms with Gasteiger partial charge >= 0.3 is 6.03 Å². The Morgan fingerprint density at radius 3 is 2.82 bits per heavy atom. The summed E-state index contributed by atoms with van der Waals surface area (Å²) in [4.78, 5) is 10.3. The second-order valence-electron chi connectivity index (χ2n) is 3.00. The van der Waals surface area contributed by atoms with Gasteiger partial charge in [-0.3, -0.25) is 0 Å². The summed E-state index contributed by atoms with van der Waals surface area (Å²) in [5.41, 5.74) is 4.88. The van der Waals surface area contributed by atoms with Crippen molar-refractivity contribution in [3.63, 3.8) is 0 Å². The van der Waals surface area contributed by atoms with Crippen LogP contribution < -0.4 is 11.1 Å². The minimum absolute atomic E-state index is 0.211. The van der Waals surface area contributed by atoms with E-state index in [9.17, 15) is 9.90 Å². The molecule has 1 saturated carbocycles. The molecular formula is C7H14N2O2. The SMILES string of the molecule is NC(=O)NCC1CCCC1O. The van der Waals surface area contributed by atoms with Crippen molar-refractivity contribution in [1.29, 1.82) is 0 Å². The lowest BCUT2D eigenvalue weighted by Gasteiger charge is -2.13. The Balaban J connectivity index is 2.20. The van der Waals surface area contributed by atoms with E-state index in [0.717, 1.165) is 19.3 Å². The molecule has 0 heterocycles. The third kappa shape index (κ3) is 2.38. The molecule has 64 valence electrons. The van der Waals surface area contributed by atoms with E-state index in [-0.39, 0.29) is 12.0 Å². The Labute approximate surface area is 65.8 Å². The molecule has 1 aliphatic carbocycles. The van der Waals surface area contributed by atoms with Gasteiger partial charge in [0.05, 0.1) is 6.10 Å². The number of amides is 2. The summed E-state index contributed by atoms with van der Waals surface area (Å²) in [6.07, 6.45) is 2.64. The van der Waals surface area contributed by atoms with Gasteiger partial charge in [0.2, 0.25) is 0 Å². The molecule has 0 aliphatic heterocycles. The maximum Gasteiger partial charge on any atom is 0.312 e. The third-order valence-electron chi connectivity index (χ3n) is 2.16. The molecule has 0 aromatic rings. The average Bonchev–Trinajstić information content (AvgIpc) is 2.31. The molecule has 0 aromatic carbocycles. The third-order valence-corrected chi connectivity index (χ3v) is 2.16. The van der Waals surface area contributed by atoms with E-state index in [1.165, 1.54) is 0 Å². The van der Waals surface area contributed by atoms with E-state index in [1.54, 1.807) is 0 Å². The normalized spacial score (nSPS) is 30.3. The smallest absolute Gasteiger partial charge is 0.312 e. The number of hydrogen-bond donors (Lipinski definition) is 3. The minimum Gasteiger partial charge on any atom is -0.393 e.